The van der Waals surface area contributed by atoms with Gasteiger partial charge in [-0.2, -0.15) is 4.98 Å². The number of benzene rings is 1. The molecule has 1 saturated heterocycles. The Morgan fingerprint density at radius 3 is 2.65 bits per heavy atom. The Kier molecular flexibility index (Phi) is 6.18. The second-order valence-electron chi connectivity index (χ2n) is 8.43. The van der Waals surface area contributed by atoms with Gasteiger partial charge in [-0.1, -0.05) is 12.1 Å². The number of carbonyl (C=O) groups excluding carboxylic acids is 1. The van der Waals surface area contributed by atoms with Gasteiger partial charge in [-0.25, -0.2) is 9.50 Å². The molecule has 2 aromatic heterocycles. The van der Waals surface area contributed by atoms with E-state index in [1.807, 2.05) is 38.9 Å². The van der Waals surface area contributed by atoms with E-state index in [0.29, 0.717) is 24.7 Å². The summed E-state index contributed by atoms with van der Waals surface area (Å²) in [5.74, 6) is 1.02. The van der Waals surface area contributed by atoms with Crippen LogP contribution in [0.3, 0.4) is 0 Å². The van der Waals surface area contributed by atoms with Crippen molar-refractivity contribution in [3.63, 3.8) is 0 Å². The maximum atomic E-state index is 13.3. The summed E-state index contributed by atoms with van der Waals surface area (Å²) in [6.45, 7) is 5.78. The second kappa shape index (κ2) is 9.01. The first kappa shape index (κ1) is 21.2. The number of carbonyl (C=O) groups is 1. The molecule has 31 heavy (non-hydrogen) atoms. The van der Waals surface area contributed by atoms with E-state index < -0.39 is 0 Å². The molecule has 8 heteroatoms. The minimum Gasteiger partial charge on any atom is -0.378 e. The van der Waals surface area contributed by atoms with Gasteiger partial charge in [-0.05, 0) is 50.5 Å². The van der Waals surface area contributed by atoms with Gasteiger partial charge in [0, 0.05) is 50.9 Å². The van der Waals surface area contributed by atoms with Gasteiger partial charge in [0.05, 0.1) is 12.5 Å². The fraction of sp³-hybridized carbons (Fsp3) is 0.478. The zero-order valence-corrected chi connectivity index (χ0v) is 18.7. The van der Waals surface area contributed by atoms with Crippen LogP contribution in [0.4, 0.5) is 5.69 Å². The lowest BCUT2D eigenvalue weighted by Gasteiger charge is -2.25. The summed E-state index contributed by atoms with van der Waals surface area (Å²) in [6, 6.07) is 10.2. The van der Waals surface area contributed by atoms with Crippen LogP contribution in [0.1, 0.15) is 35.6 Å². The summed E-state index contributed by atoms with van der Waals surface area (Å²) in [7, 11) is 4.03. The summed E-state index contributed by atoms with van der Waals surface area (Å²) < 4.78 is 7.50. The lowest BCUT2D eigenvalue weighted by Crippen LogP contribution is -2.38. The number of rotatable bonds is 7. The van der Waals surface area contributed by atoms with Crippen LogP contribution in [-0.4, -0.2) is 63.7 Å². The van der Waals surface area contributed by atoms with Crippen molar-refractivity contribution in [3.05, 3.63) is 53.1 Å². The Morgan fingerprint density at radius 2 is 1.97 bits per heavy atom. The van der Waals surface area contributed by atoms with Gasteiger partial charge in [0.2, 0.25) is 5.91 Å². The van der Waals surface area contributed by atoms with Crippen molar-refractivity contribution in [2.75, 3.05) is 32.1 Å². The average Bonchev–Trinajstić information content (AvgIpc) is 3.37. The number of aryl methyl sites for hydroxylation is 2. The summed E-state index contributed by atoms with van der Waals surface area (Å²) in [6.07, 6.45) is 2.26. The fourth-order valence-corrected chi connectivity index (χ4v) is 3.94. The molecule has 1 unspecified atom stereocenters. The van der Waals surface area contributed by atoms with Crippen molar-refractivity contribution < 1.29 is 9.53 Å². The molecule has 1 aromatic carbocycles. The van der Waals surface area contributed by atoms with Crippen LogP contribution in [-0.2, 0) is 22.5 Å². The van der Waals surface area contributed by atoms with E-state index in [1.54, 1.807) is 4.52 Å². The van der Waals surface area contributed by atoms with E-state index in [4.69, 9.17) is 4.74 Å². The van der Waals surface area contributed by atoms with Gasteiger partial charge in [0.1, 0.15) is 0 Å². The number of nitrogens with zero attached hydrogens (tertiary/aromatic N) is 6. The van der Waals surface area contributed by atoms with Gasteiger partial charge >= 0.3 is 0 Å². The first-order valence-corrected chi connectivity index (χ1v) is 10.7. The smallest absolute Gasteiger partial charge is 0.252 e. The first-order valence-electron chi connectivity index (χ1n) is 10.7. The Bertz CT molecular complexity index is 1050. The lowest BCUT2D eigenvalue weighted by molar-refractivity contribution is -0.132. The zero-order chi connectivity index (χ0) is 22.0. The maximum Gasteiger partial charge on any atom is 0.252 e. The molecule has 1 aliphatic heterocycles. The van der Waals surface area contributed by atoms with E-state index in [-0.39, 0.29) is 18.4 Å². The molecular weight excluding hydrogens is 392 g/mol. The summed E-state index contributed by atoms with van der Waals surface area (Å²) in [5.41, 5.74) is 4.06. The van der Waals surface area contributed by atoms with Crippen molar-refractivity contribution in [2.45, 2.75) is 45.8 Å². The van der Waals surface area contributed by atoms with Crippen LogP contribution >= 0.6 is 0 Å². The molecule has 0 spiro atoms. The van der Waals surface area contributed by atoms with E-state index in [9.17, 15) is 4.79 Å². The van der Waals surface area contributed by atoms with Crippen molar-refractivity contribution >= 4 is 17.4 Å². The number of hydrogen-bond acceptors (Lipinski definition) is 6. The molecule has 3 heterocycles. The van der Waals surface area contributed by atoms with E-state index in [0.717, 1.165) is 42.1 Å². The van der Waals surface area contributed by atoms with Crippen molar-refractivity contribution in [3.8, 4) is 0 Å². The molecule has 1 atom stereocenters. The Hall–Kier alpha value is -3.00. The van der Waals surface area contributed by atoms with Gasteiger partial charge in [0.15, 0.2) is 5.82 Å². The highest BCUT2D eigenvalue weighted by molar-refractivity contribution is 5.78. The predicted octanol–water partition coefficient (Wildman–Crippen LogP) is 2.56. The normalized spacial score (nSPS) is 16.1. The van der Waals surface area contributed by atoms with Crippen LogP contribution in [0.15, 0.2) is 30.3 Å². The largest absolute Gasteiger partial charge is 0.378 e. The molecule has 1 aliphatic rings. The third-order valence-corrected chi connectivity index (χ3v) is 5.60. The lowest BCUT2D eigenvalue weighted by atomic mass is 10.1. The second-order valence-corrected chi connectivity index (χ2v) is 8.43. The van der Waals surface area contributed by atoms with Crippen molar-refractivity contribution in [1.29, 1.82) is 0 Å². The van der Waals surface area contributed by atoms with Crippen LogP contribution in [0.5, 0.6) is 0 Å². The average molecular weight is 423 g/mol. The molecule has 3 aromatic rings. The quantitative estimate of drug-likeness (QED) is 0.583. The topological polar surface area (TPSA) is 75.9 Å². The summed E-state index contributed by atoms with van der Waals surface area (Å²) >= 11 is 0. The minimum atomic E-state index is -0.00235. The predicted molar refractivity (Wildman–Crippen MR) is 119 cm³/mol. The van der Waals surface area contributed by atoms with Crippen molar-refractivity contribution in [1.82, 2.24) is 24.5 Å². The molecule has 4 rings (SSSR count). The fourth-order valence-electron chi connectivity index (χ4n) is 3.94. The third kappa shape index (κ3) is 5.02. The summed E-state index contributed by atoms with van der Waals surface area (Å²) in [5, 5.41) is 4.50. The number of aromatic nitrogens is 4. The van der Waals surface area contributed by atoms with E-state index in [2.05, 4.69) is 44.2 Å². The molecule has 1 fully saturated rings. The Balaban J connectivity index is 1.52. The molecule has 0 bridgehead atoms. The van der Waals surface area contributed by atoms with Crippen LogP contribution in [0.25, 0.3) is 5.78 Å². The summed E-state index contributed by atoms with van der Waals surface area (Å²) in [4.78, 5) is 26.1. The highest BCUT2D eigenvalue weighted by Crippen LogP contribution is 2.18. The van der Waals surface area contributed by atoms with E-state index in [1.165, 1.54) is 0 Å². The highest BCUT2D eigenvalue weighted by atomic mass is 16.5. The molecule has 0 radical (unpaired) electrons. The third-order valence-electron chi connectivity index (χ3n) is 5.60. The first-order chi connectivity index (χ1) is 14.9. The molecule has 8 nitrogen and oxygen atoms in total. The number of ether oxygens (including phenoxy) is 1. The molecule has 1 amide bonds. The Labute approximate surface area is 182 Å². The van der Waals surface area contributed by atoms with Crippen LogP contribution in [0.2, 0.25) is 0 Å². The molecule has 164 valence electrons. The molecule has 0 saturated carbocycles. The van der Waals surface area contributed by atoms with Gasteiger partial charge < -0.3 is 14.5 Å². The zero-order valence-electron chi connectivity index (χ0n) is 18.7. The number of hydrogen-bond donors (Lipinski definition) is 0. The number of anilines is 1. The minimum absolute atomic E-state index is 0.00235. The van der Waals surface area contributed by atoms with Gasteiger partial charge in [-0.3, -0.25) is 4.79 Å². The number of fused-ring (bicyclic) bond motifs is 1. The molecule has 0 aliphatic carbocycles. The van der Waals surface area contributed by atoms with Gasteiger partial charge in [0.25, 0.3) is 5.78 Å². The van der Waals surface area contributed by atoms with Crippen molar-refractivity contribution in [2.24, 2.45) is 0 Å². The molecule has 0 N–H and O–H groups in total. The SMILES string of the molecule is Cc1cc(C)n2nc(CC(=O)N(Cc3ccc(N(C)C)cc3)CC3CCCO3)nc2n1. The Morgan fingerprint density at radius 1 is 1.19 bits per heavy atom. The van der Waals surface area contributed by atoms with Crippen LogP contribution in [0, 0.1) is 13.8 Å². The number of amides is 1. The van der Waals surface area contributed by atoms with Crippen LogP contribution < -0.4 is 4.90 Å². The molecular formula is C23H30N6O2. The maximum absolute atomic E-state index is 13.3. The van der Waals surface area contributed by atoms with Gasteiger partial charge in [-0.15, -0.1) is 5.10 Å². The monoisotopic (exact) mass is 422 g/mol. The highest BCUT2D eigenvalue weighted by Gasteiger charge is 2.24. The van der Waals surface area contributed by atoms with E-state index >= 15 is 0 Å². The standard InChI is InChI=1S/C23H30N6O2/c1-16-12-17(2)29-23(24-16)25-21(26-29)13-22(30)28(15-20-6-5-11-31-20)14-18-7-9-19(10-8-18)27(3)4/h7-10,12,20H,5-6,11,13-15H2,1-4H3.